The van der Waals surface area contributed by atoms with E-state index in [0.717, 1.165) is 13.0 Å². The van der Waals surface area contributed by atoms with Crippen molar-refractivity contribution in [2.24, 2.45) is 0 Å². The summed E-state index contributed by atoms with van der Waals surface area (Å²) in [6.07, 6.45) is 11.3. The summed E-state index contributed by atoms with van der Waals surface area (Å²) in [6, 6.07) is 0.568. The molecule has 17 heavy (non-hydrogen) atoms. The summed E-state index contributed by atoms with van der Waals surface area (Å²) in [6.45, 7) is 3.51. The highest BCUT2D eigenvalue weighted by Gasteiger charge is 2.12. The number of hydrogen-bond donors (Lipinski definition) is 2. The van der Waals surface area contributed by atoms with Crippen LogP contribution in [0.5, 0.6) is 0 Å². The van der Waals surface area contributed by atoms with E-state index in [1.807, 2.05) is 0 Å². The number of nitrogens with one attached hydrogen (secondary N) is 2. The number of carbonyl (C=O) groups is 1. The minimum absolute atomic E-state index is 0.158. The van der Waals surface area contributed by atoms with Gasteiger partial charge in [0.05, 0.1) is 6.54 Å². The zero-order chi connectivity index (χ0) is 12.3. The quantitative estimate of drug-likeness (QED) is 0.530. The van der Waals surface area contributed by atoms with Crippen LogP contribution in [0.2, 0.25) is 0 Å². The smallest absolute Gasteiger partial charge is 0.233 e. The predicted octanol–water partition coefficient (Wildman–Crippen LogP) is 2.61. The van der Waals surface area contributed by atoms with Crippen LogP contribution in [-0.2, 0) is 4.79 Å². The van der Waals surface area contributed by atoms with E-state index in [2.05, 4.69) is 17.6 Å². The highest BCUT2D eigenvalue weighted by Crippen LogP contribution is 2.16. The number of carbonyl (C=O) groups excluding carboxylic acids is 1. The Morgan fingerprint density at radius 1 is 1.12 bits per heavy atom. The van der Waals surface area contributed by atoms with Crippen LogP contribution in [0.1, 0.15) is 64.7 Å². The van der Waals surface area contributed by atoms with Gasteiger partial charge >= 0.3 is 0 Å². The number of unbranched alkanes of at least 4 members (excludes halogenated alkanes) is 2. The van der Waals surface area contributed by atoms with Gasteiger partial charge < -0.3 is 10.6 Å². The van der Waals surface area contributed by atoms with E-state index in [-0.39, 0.29) is 5.91 Å². The molecule has 0 saturated heterocycles. The van der Waals surface area contributed by atoms with Crippen LogP contribution in [0.3, 0.4) is 0 Å². The zero-order valence-electron chi connectivity index (χ0n) is 11.3. The summed E-state index contributed by atoms with van der Waals surface area (Å²) in [5.74, 6) is 0.158. The zero-order valence-corrected chi connectivity index (χ0v) is 11.3. The van der Waals surface area contributed by atoms with Crippen LogP contribution < -0.4 is 10.6 Å². The molecule has 1 saturated carbocycles. The molecule has 1 aliphatic rings. The Morgan fingerprint density at radius 3 is 2.47 bits per heavy atom. The summed E-state index contributed by atoms with van der Waals surface area (Å²) in [5.41, 5.74) is 0. The van der Waals surface area contributed by atoms with Crippen LogP contribution in [0, 0.1) is 0 Å². The van der Waals surface area contributed by atoms with E-state index in [1.54, 1.807) is 0 Å². The third kappa shape index (κ3) is 7.37. The van der Waals surface area contributed by atoms with Gasteiger partial charge in [-0.05, 0) is 19.3 Å². The summed E-state index contributed by atoms with van der Waals surface area (Å²) in [7, 11) is 0. The molecular weight excluding hydrogens is 212 g/mol. The van der Waals surface area contributed by atoms with Gasteiger partial charge in [-0.3, -0.25) is 4.79 Å². The van der Waals surface area contributed by atoms with Crippen molar-refractivity contribution in [2.75, 3.05) is 13.1 Å². The SMILES string of the molecule is CCCCCNC(=O)CNC1CCCCCC1. The van der Waals surface area contributed by atoms with Crippen molar-refractivity contribution in [3.63, 3.8) is 0 Å². The van der Waals surface area contributed by atoms with E-state index >= 15 is 0 Å². The van der Waals surface area contributed by atoms with E-state index in [4.69, 9.17) is 0 Å². The van der Waals surface area contributed by atoms with Crippen molar-refractivity contribution in [3.05, 3.63) is 0 Å². The maximum Gasteiger partial charge on any atom is 0.233 e. The monoisotopic (exact) mass is 240 g/mol. The van der Waals surface area contributed by atoms with Crippen molar-refractivity contribution in [1.29, 1.82) is 0 Å². The molecule has 3 nitrogen and oxygen atoms in total. The summed E-state index contributed by atoms with van der Waals surface area (Å²) in [5, 5.41) is 6.36. The molecule has 0 unspecified atom stereocenters. The van der Waals surface area contributed by atoms with Crippen LogP contribution >= 0.6 is 0 Å². The second kappa shape index (κ2) is 9.46. The van der Waals surface area contributed by atoms with Gasteiger partial charge in [0.2, 0.25) is 5.91 Å². The van der Waals surface area contributed by atoms with E-state index < -0.39 is 0 Å². The van der Waals surface area contributed by atoms with Crippen LogP contribution in [0.25, 0.3) is 0 Å². The minimum Gasteiger partial charge on any atom is -0.355 e. The molecule has 0 bridgehead atoms. The van der Waals surface area contributed by atoms with Gasteiger partial charge in [-0.2, -0.15) is 0 Å². The molecule has 1 amide bonds. The van der Waals surface area contributed by atoms with Crippen molar-refractivity contribution in [1.82, 2.24) is 10.6 Å². The molecule has 0 radical (unpaired) electrons. The van der Waals surface area contributed by atoms with Crippen molar-refractivity contribution in [2.45, 2.75) is 70.8 Å². The van der Waals surface area contributed by atoms with E-state index in [0.29, 0.717) is 12.6 Å². The molecule has 0 heterocycles. The lowest BCUT2D eigenvalue weighted by molar-refractivity contribution is -0.120. The average Bonchev–Trinajstić information content (AvgIpc) is 2.60. The Morgan fingerprint density at radius 2 is 1.82 bits per heavy atom. The first-order valence-electron chi connectivity index (χ1n) is 7.33. The minimum atomic E-state index is 0.158. The van der Waals surface area contributed by atoms with Crippen LogP contribution in [0.15, 0.2) is 0 Å². The van der Waals surface area contributed by atoms with Crippen molar-refractivity contribution >= 4 is 5.91 Å². The molecule has 0 aromatic rings. The first-order chi connectivity index (χ1) is 8.33. The topological polar surface area (TPSA) is 41.1 Å². The first-order valence-corrected chi connectivity index (χ1v) is 7.33. The molecular formula is C14H28N2O. The third-order valence-electron chi connectivity index (χ3n) is 3.51. The largest absolute Gasteiger partial charge is 0.355 e. The van der Waals surface area contributed by atoms with E-state index in [9.17, 15) is 4.79 Å². The number of hydrogen-bond acceptors (Lipinski definition) is 2. The summed E-state index contributed by atoms with van der Waals surface area (Å²) >= 11 is 0. The fraction of sp³-hybridized carbons (Fsp3) is 0.929. The molecule has 1 rings (SSSR count). The Balaban J connectivity index is 2.01. The molecule has 0 aliphatic heterocycles. The molecule has 100 valence electrons. The summed E-state index contributed by atoms with van der Waals surface area (Å²) < 4.78 is 0. The number of amides is 1. The third-order valence-corrected chi connectivity index (χ3v) is 3.51. The average molecular weight is 240 g/mol. The Bertz CT molecular complexity index is 198. The maximum absolute atomic E-state index is 11.6. The number of rotatable bonds is 7. The molecule has 1 aliphatic carbocycles. The Labute approximate surface area is 106 Å². The fourth-order valence-corrected chi connectivity index (χ4v) is 2.39. The maximum atomic E-state index is 11.6. The van der Waals surface area contributed by atoms with Gasteiger partial charge in [-0.15, -0.1) is 0 Å². The molecule has 3 heteroatoms. The van der Waals surface area contributed by atoms with Gasteiger partial charge in [-0.1, -0.05) is 45.4 Å². The van der Waals surface area contributed by atoms with Crippen molar-refractivity contribution < 1.29 is 4.79 Å². The molecule has 0 atom stereocenters. The first kappa shape index (κ1) is 14.5. The lowest BCUT2D eigenvalue weighted by atomic mass is 10.1. The molecule has 0 aromatic carbocycles. The van der Waals surface area contributed by atoms with Gasteiger partial charge in [0.1, 0.15) is 0 Å². The predicted molar refractivity (Wildman–Crippen MR) is 72.0 cm³/mol. The Hall–Kier alpha value is -0.570. The van der Waals surface area contributed by atoms with Gasteiger partial charge in [-0.25, -0.2) is 0 Å². The molecule has 0 aromatic heterocycles. The molecule has 0 spiro atoms. The van der Waals surface area contributed by atoms with Gasteiger partial charge in [0, 0.05) is 12.6 Å². The highest BCUT2D eigenvalue weighted by molar-refractivity contribution is 5.77. The second-order valence-corrected chi connectivity index (χ2v) is 5.13. The normalized spacial score (nSPS) is 17.7. The van der Waals surface area contributed by atoms with Crippen LogP contribution in [0.4, 0.5) is 0 Å². The second-order valence-electron chi connectivity index (χ2n) is 5.13. The Kier molecular flexibility index (Phi) is 8.06. The fourth-order valence-electron chi connectivity index (χ4n) is 2.39. The van der Waals surface area contributed by atoms with Gasteiger partial charge in [0.15, 0.2) is 0 Å². The lowest BCUT2D eigenvalue weighted by Gasteiger charge is -2.15. The van der Waals surface area contributed by atoms with Crippen molar-refractivity contribution in [3.8, 4) is 0 Å². The molecule has 2 N–H and O–H groups in total. The van der Waals surface area contributed by atoms with Crippen LogP contribution in [-0.4, -0.2) is 25.0 Å². The highest BCUT2D eigenvalue weighted by atomic mass is 16.1. The van der Waals surface area contributed by atoms with E-state index in [1.165, 1.54) is 51.4 Å². The lowest BCUT2D eigenvalue weighted by Crippen LogP contribution is -2.39. The standard InChI is InChI=1S/C14H28N2O/c1-2-3-8-11-15-14(17)12-16-13-9-6-4-5-7-10-13/h13,16H,2-12H2,1H3,(H,15,17). The van der Waals surface area contributed by atoms with Gasteiger partial charge in [0.25, 0.3) is 0 Å². The molecule has 1 fully saturated rings. The summed E-state index contributed by atoms with van der Waals surface area (Å²) in [4.78, 5) is 11.6.